The quantitative estimate of drug-likeness (QED) is 0.0787. The SMILES string of the molecule is COC(=O)C(C)=CCC12OC(C)(C)C3CC(C=C4C(=O)c5c(OC(=O)CCl)c6c(c(CC=C(C)C)c5OC431)OC(C)(CCC=C(C)C)C=C6)C2=O. The Morgan fingerprint density at radius 2 is 1.71 bits per heavy atom. The Morgan fingerprint density at radius 3 is 2.35 bits per heavy atom. The summed E-state index contributed by atoms with van der Waals surface area (Å²) in [5, 5.41) is 0. The number of halogens is 1. The van der Waals surface area contributed by atoms with Crippen molar-refractivity contribution in [2.45, 2.75) is 110 Å². The molecule has 10 heteroatoms. The summed E-state index contributed by atoms with van der Waals surface area (Å²) in [6.45, 7) is 15.5. The Morgan fingerprint density at radius 1 is 1.00 bits per heavy atom. The van der Waals surface area contributed by atoms with Gasteiger partial charge in [-0.05, 0) is 93.2 Å². The lowest BCUT2D eigenvalue weighted by atomic mass is 9.51. The van der Waals surface area contributed by atoms with Crippen LogP contribution in [0.3, 0.4) is 0 Å². The largest absolute Gasteiger partial charge is 0.482 e. The first-order valence-corrected chi connectivity index (χ1v) is 18.1. The topological polar surface area (TPSA) is 114 Å². The van der Waals surface area contributed by atoms with Gasteiger partial charge in [-0.2, -0.15) is 0 Å². The molecule has 1 spiro atoms. The highest BCUT2D eigenvalue weighted by molar-refractivity contribution is 6.27. The summed E-state index contributed by atoms with van der Waals surface area (Å²) < 4.78 is 31.9. The maximum absolute atomic E-state index is 15.2. The number of esters is 2. The number of carbonyl (C=O) groups is 4. The monoisotopic (exact) mass is 718 g/mol. The highest BCUT2D eigenvalue weighted by Crippen LogP contribution is 2.68. The molecule has 2 fully saturated rings. The zero-order valence-corrected chi connectivity index (χ0v) is 31.7. The van der Waals surface area contributed by atoms with Crippen LogP contribution in [0.5, 0.6) is 17.2 Å². The molecule has 0 aromatic heterocycles. The molecule has 1 saturated carbocycles. The second kappa shape index (κ2) is 12.9. The molecule has 51 heavy (non-hydrogen) atoms. The summed E-state index contributed by atoms with van der Waals surface area (Å²) in [5.41, 5.74) is -0.854. The Hall–Kier alpha value is -3.95. The van der Waals surface area contributed by atoms with Crippen molar-refractivity contribution >= 4 is 41.2 Å². The van der Waals surface area contributed by atoms with Crippen LogP contribution in [-0.2, 0) is 30.3 Å². The van der Waals surface area contributed by atoms with Crippen LogP contribution < -0.4 is 14.2 Å². The Kier molecular flexibility index (Phi) is 9.33. The number of alkyl halides is 1. The number of rotatable bonds is 10. The molecule has 9 nitrogen and oxygen atoms in total. The van der Waals surface area contributed by atoms with Crippen molar-refractivity contribution in [2.24, 2.45) is 11.8 Å². The normalized spacial score (nSPS) is 29.1. The number of Topliss-reactive ketones (excluding diaryl/α,β-unsaturated/α-hetero) is 2. The van der Waals surface area contributed by atoms with Crippen molar-refractivity contribution in [1.29, 1.82) is 0 Å². The van der Waals surface area contributed by atoms with E-state index in [-0.39, 0.29) is 34.8 Å². The number of allylic oxidation sites excluding steroid dienone is 5. The molecule has 1 aromatic carbocycles. The standard InChI is InChI=1S/C41H47ClO9/c1-22(2)11-10-16-39(8)17-15-27-33(49-39)26(13-12-23(3)4)35-31(34(27)48-30(43)21-42)32(44)28-19-25-20-29-38(6,7)51-40(36(25)45,41(28,29)50-35)18-14-24(5)37(46)47-9/h11-12,14-15,17,19,25,29H,10,13,16,18,20-21H2,1-9H3. The first-order valence-electron chi connectivity index (χ1n) is 17.5. The molecule has 0 radical (unpaired) electrons. The lowest BCUT2D eigenvalue weighted by Gasteiger charge is -2.56. The van der Waals surface area contributed by atoms with Crippen molar-refractivity contribution in [3.63, 3.8) is 0 Å². The fourth-order valence-electron chi connectivity index (χ4n) is 8.56. The van der Waals surface area contributed by atoms with E-state index in [0.29, 0.717) is 41.7 Å². The van der Waals surface area contributed by atoms with Gasteiger partial charge in [0.15, 0.2) is 28.5 Å². The summed E-state index contributed by atoms with van der Waals surface area (Å²) >= 11 is 5.96. The Labute approximate surface area is 304 Å². The molecule has 272 valence electrons. The summed E-state index contributed by atoms with van der Waals surface area (Å²) in [5.74, 6) is -2.74. The van der Waals surface area contributed by atoms with E-state index < -0.39 is 57.8 Å². The fourth-order valence-corrected chi connectivity index (χ4v) is 8.61. The predicted molar refractivity (Wildman–Crippen MR) is 193 cm³/mol. The third-order valence-corrected chi connectivity index (χ3v) is 11.2. The van der Waals surface area contributed by atoms with Gasteiger partial charge in [0.2, 0.25) is 0 Å². The van der Waals surface area contributed by atoms with Gasteiger partial charge in [-0.15, -0.1) is 11.6 Å². The number of fused-ring (bicyclic) bond motifs is 2. The van der Waals surface area contributed by atoms with E-state index in [1.165, 1.54) is 12.7 Å². The maximum Gasteiger partial charge on any atom is 0.333 e. The van der Waals surface area contributed by atoms with Crippen molar-refractivity contribution in [1.82, 2.24) is 0 Å². The van der Waals surface area contributed by atoms with Crippen LogP contribution in [-0.4, -0.2) is 58.9 Å². The van der Waals surface area contributed by atoms with E-state index in [0.717, 1.165) is 12.0 Å². The molecule has 3 aliphatic carbocycles. The second-order valence-electron chi connectivity index (χ2n) is 15.5. The van der Waals surface area contributed by atoms with Gasteiger partial charge < -0.3 is 23.7 Å². The average Bonchev–Trinajstić information content (AvgIpc) is 3.22. The van der Waals surface area contributed by atoms with E-state index in [4.69, 9.17) is 35.3 Å². The van der Waals surface area contributed by atoms with Crippen LogP contribution in [0.15, 0.2) is 52.7 Å². The van der Waals surface area contributed by atoms with Crippen LogP contribution in [0.2, 0.25) is 0 Å². The molecule has 3 aliphatic heterocycles. The van der Waals surface area contributed by atoms with Crippen LogP contribution in [0.1, 0.15) is 103 Å². The zero-order chi connectivity index (χ0) is 37.3. The van der Waals surface area contributed by atoms with E-state index in [2.05, 4.69) is 6.08 Å². The smallest absolute Gasteiger partial charge is 0.333 e. The minimum Gasteiger partial charge on any atom is -0.482 e. The molecule has 5 atom stereocenters. The highest BCUT2D eigenvalue weighted by atomic mass is 35.5. The van der Waals surface area contributed by atoms with Crippen molar-refractivity contribution < 1.29 is 42.9 Å². The average molecular weight is 719 g/mol. The van der Waals surface area contributed by atoms with Gasteiger partial charge in [0.05, 0.1) is 18.3 Å². The third-order valence-electron chi connectivity index (χ3n) is 11.0. The molecule has 1 aromatic rings. The van der Waals surface area contributed by atoms with Gasteiger partial charge in [-0.1, -0.05) is 35.5 Å². The summed E-state index contributed by atoms with van der Waals surface area (Å²) in [4.78, 5) is 55.1. The molecule has 1 saturated heterocycles. The molecular weight excluding hydrogens is 672 g/mol. The number of carbonyl (C=O) groups excluding carboxylic acids is 4. The lowest BCUT2D eigenvalue weighted by Crippen LogP contribution is -2.72. The predicted octanol–water partition coefficient (Wildman–Crippen LogP) is 7.77. The van der Waals surface area contributed by atoms with Crippen LogP contribution >= 0.6 is 11.6 Å². The van der Waals surface area contributed by atoms with Crippen LogP contribution in [0, 0.1) is 11.8 Å². The molecule has 7 rings (SSSR count). The van der Waals surface area contributed by atoms with E-state index >= 15 is 4.79 Å². The van der Waals surface area contributed by atoms with Gasteiger partial charge >= 0.3 is 11.9 Å². The fraction of sp³-hybridized carbons (Fsp3) is 0.512. The maximum atomic E-state index is 15.2. The molecular formula is C41H47ClO9. The molecule has 3 heterocycles. The minimum atomic E-state index is -1.63. The van der Waals surface area contributed by atoms with Crippen molar-refractivity contribution in [2.75, 3.05) is 13.0 Å². The summed E-state index contributed by atoms with van der Waals surface area (Å²) in [6.07, 6.45) is 13.5. The van der Waals surface area contributed by atoms with Crippen LogP contribution in [0.25, 0.3) is 6.08 Å². The van der Waals surface area contributed by atoms with E-state index in [1.54, 1.807) is 19.1 Å². The summed E-state index contributed by atoms with van der Waals surface area (Å²) in [7, 11) is 1.30. The van der Waals surface area contributed by atoms with Crippen LogP contribution in [0.4, 0.5) is 0 Å². The van der Waals surface area contributed by atoms with Gasteiger partial charge in [-0.25, -0.2) is 4.79 Å². The zero-order valence-electron chi connectivity index (χ0n) is 30.9. The number of benzene rings is 1. The molecule has 6 aliphatic rings. The van der Waals surface area contributed by atoms with Gasteiger partial charge in [0.1, 0.15) is 28.5 Å². The Balaban J connectivity index is 1.64. The number of ketones is 2. The highest BCUT2D eigenvalue weighted by Gasteiger charge is 2.81. The number of methoxy groups -OCH3 is 1. The third kappa shape index (κ3) is 5.71. The molecule has 0 N–H and O–H groups in total. The van der Waals surface area contributed by atoms with Gasteiger partial charge in [-0.3, -0.25) is 14.4 Å². The van der Waals surface area contributed by atoms with Crippen molar-refractivity contribution in [3.8, 4) is 17.2 Å². The summed E-state index contributed by atoms with van der Waals surface area (Å²) in [6, 6.07) is 0. The first-order chi connectivity index (χ1) is 23.9. The number of hydrogen-bond donors (Lipinski definition) is 0. The number of hydrogen-bond acceptors (Lipinski definition) is 9. The minimum absolute atomic E-state index is 0.00530. The van der Waals surface area contributed by atoms with E-state index in [9.17, 15) is 14.4 Å². The number of ether oxygens (including phenoxy) is 5. The first kappa shape index (κ1) is 36.8. The molecule has 4 bridgehead atoms. The molecule has 5 unspecified atom stereocenters. The van der Waals surface area contributed by atoms with Gasteiger partial charge in [0.25, 0.3) is 0 Å². The lowest BCUT2D eigenvalue weighted by molar-refractivity contribution is -0.171. The Bertz CT molecular complexity index is 1890. The van der Waals surface area contributed by atoms with Gasteiger partial charge in [0, 0.05) is 35.0 Å². The second-order valence-corrected chi connectivity index (χ2v) is 15.8. The van der Waals surface area contributed by atoms with E-state index in [1.807, 2.05) is 66.7 Å². The molecule has 0 amide bonds. The van der Waals surface area contributed by atoms with Crippen molar-refractivity contribution in [3.05, 3.63) is 69.4 Å².